The van der Waals surface area contributed by atoms with E-state index < -0.39 is 17.7 Å². The van der Waals surface area contributed by atoms with Gasteiger partial charge in [-0.05, 0) is 55.8 Å². The van der Waals surface area contributed by atoms with Gasteiger partial charge in [0.15, 0.2) is 0 Å². The Balaban J connectivity index is 1.99. The smallest absolute Gasteiger partial charge is 0.405 e. The molecule has 1 aromatic heterocycles. The Labute approximate surface area is 198 Å². The summed E-state index contributed by atoms with van der Waals surface area (Å²) in [6.07, 6.45) is -0.619. The molecule has 8 heteroatoms. The van der Waals surface area contributed by atoms with Crippen LogP contribution in [-0.4, -0.2) is 21.8 Å². The molecule has 2 heterocycles. The number of nitrogens with one attached hydrogen (secondary N) is 1. The molecule has 1 atom stereocenters. The molecule has 1 aliphatic heterocycles. The van der Waals surface area contributed by atoms with E-state index in [1.807, 2.05) is 44.2 Å². The van der Waals surface area contributed by atoms with E-state index in [-0.39, 0.29) is 0 Å². The first-order chi connectivity index (χ1) is 14.6. The SMILES string of the molecule is CC1(C)CC(NC(=O)O)c2cc(-c3ccc(Cl)cc3)c(-c3cc(Br)ccc3Cl)nc2O1. The Hall–Kier alpha value is -2.28. The quantitative estimate of drug-likeness (QED) is 0.377. The fraction of sp³-hybridized carbons (Fsp3) is 0.217. The van der Waals surface area contributed by atoms with Gasteiger partial charge in [-0.1, -0.05) is 51.3 Å². The van der Waals surface area contributed by atoms with Crippen molar-refractivity contribution in [1.82, 2.24) is 10.3 Å². The van der Waals surface area contributed by atoms with Gasteiger partial charge in [0.2, 0.25) is 5.88 Å². The number of ether oxygens (including phenoxy) is 1. The summed E-state index contributed by atoms with van der Waals surface area (Å²) < 4.78 is 7.01. The molecule has 0 spiro atoms. The molecular weight excluding hydrogens is 503 g/mol. The zero-order chi connectivity index (χ0) is 22.3. The van der Waals surface area contributed by atoms with Crippen molar-refractivity contribution in [3.8, 4) is 28.3 Å². The lowest BCUT2D eigenvalue weighted by Crippen LogP contribution is -2.41. The molecule has 0 bridgehead atoms. The second-order valence-electron chi connectivity index (χ2n) is 7.98. The average Bonchev–Trinajstić information content (AvgIpc) is 2.68. The van der Waals surface area contributed by atoms with Crippen LogP contribution in [0.5, 0.6) is 5.88 Å². The normalized spacial score (nSPS) is 16.9. The van der Waals surface area contributed by atoms with E-state index in [4.69, 9.17) is 32.9 Å². The summed E-state index contributed by atoms with van der Waals surface area (Å²) in [5.74, 6) is 0.388. The molecule has 2 N–H and O–H groups in total. The van der Waals surface area contributed by atoms with Crippen LogP contribution in [0.2, 0.25) is 10.0 Å². The Morgan fingerprint density at radius 3 is 2.55 bits per heavy atom. The first kappa shape index (κ1) is 21.9. The summed E-state index contributed by atoms with van der Waals surface area (Å²) in [7, 11) is 0. The first-order valence-corrected chi connectivity index (χ1v) is 11.1. The van der Waals surface area contributed by atoms with Crippen molar-refractivity contribution in [2.24, 2.45) is 0 Å². The molecule has 1 aliphatic rings. The third kappa shape index (κ3) is 4.66. The maximum absolute atomic E-state index is 11.4. The van der Waals surface area contributed by atoms with Gasteiger partial charge in [-0.15, -0.1) is 0 Å². The number of aromatic nitrogens is 1. The number of pyridine rings is 1. The van der Waals surface area contributed by atoms with Crippen molar-refractivity contribution in [2.45, 2.75) is 31.9 Å². The summed E-state index contributed by atoms with van der Waals surface area (Å²) in [6, 6.07) is 14.4. The van der Waals surface area contributed by atoms with E-state index in [1.54, 1.807) is 18.2 Å². The van der Waals surface area contributed by atoms with Gasteiger partial charge in [0.05, 0.1) is 16.8 Å². The zero-order valence-electron chi connectivity index (χ0n) is 16.7. The molecule has 0 fully saturated rings. The molecule has 3 aromatic rings. The van der Waals surface area contributed by atoms with E-state index >= 15 is 0 Å². The van der Waals surface area contributed by atoms with E-state index in [9.17, 15) is 9.90 Å². The molecule has 0 aliphatic carbocycles. The highest BCUT2D eigenvalue weighted by Gasteiger charge is 2.36. The average molecular weight is 522 g/mol. The van der Waals surface area contributed by atoms with Crippen molar-refractivity contribution in [2.75, 3.05) is 0 Å². The Morgan fingerprint density at radius 2 is 1.87 bits per heavy atom. The maximum atomic E-state index is 11.4. The lowest BCUT2D eigenvalue weighted by Gasteiger charge is -2.37. The second kappa shape index (κ2) is 8.34. The number of hydrogen-bond donors (Lipinski definition) is 2. The summed E-state index contributed by atoms with van der Waals surface area (Å²) in [5.41, 5.74) is 3.15. The molecule has 0 saturated heterocycles. The standard InChI is InChI=1S/C23H19BrCl2N2O3/c1-23(2)11-19(27-22(29)30)17-10-15(12-3-6-14(25)7-4-12)20(28-21(17)31-23)16-9-13(24)5-8-18(16)26/h3-10,19,27H,11H2,1-2H3,(H,29,30). The molecule has 1 unspecified atom stereocenters. The van der Waals surface area contributed by atoms with Crippen LogP contribution in [0.3, 0.4) is 0 Å². The predicted molar refractivity (Wildman–Crippen MR) is 126 cm³/mol. The van der Waals surface area contributed by atoms with Gasteiger partial charge < -0.3 is 15.2 Å². The number of nitrogens with zero attached hydrogens (tertiary/aromatic N) is 1. The van der Waals surface area contributed by atoms with Crippen LogP contribution < -0.4 is 10.1 Å². The number of carboxylic acid groups (broad SMARTS) is 1. The van der Waals surface area contributed by atoms with Crippen LogP contribution in [0.1, 0.15) is 31.9 Å². The highest BCUT2D eigenvalue weighted by atomic mass is 79.9. The number of amides is 1. The molecule has 5 nitrogen and oxygen atoms in total. The van der Waals surface area contributed by atoms with Crippen molar-refractivity contribution < 1.29 is 14.6 Å². The van der Waals surface area contributed by atoms with E-state index in [0.29, 0.717) is 33.6 Å². The van der Waals surface area contributed by atoms with Crippen molar-refractivity contribution in [3.05, 3.63) is 68.6 Å². The summed E-state index contributed by atoms with van der Waals surface area (Å²) in [6.45, 7) is 3.82. The molecule has 2 aromatic carbocycles. The minimum atomic E-state index is -1.10. The van der Waals surface area contributed by atoms with Crippen LogP contribution >= 0.6 is 39.1 Å². The number of halogens is 3. The summed E-state index contributed by atoms with van der Waals surface area (Å²) >= 11 is 16.1. The topological polar surface area (TPSA) is 71.5 Å². The van der Waals surface area contributed by atoms with Gasteiger partial charge in [-0.25, -0.2) is 9.78 Å². The van der Waals surface area contributed by atoms with Crippen LogP contribution in [0.25, 0.3) is 22.4 Å². The van der Waals surface area contributed by atoms with Gasteiger partial charge in [0.25, 0.3) is 0 Å². The highest BCUT2D eigenvalue weighted by molar-refractivity contribution is 9.10. The fourth-order valence-corrected chi connectivity index (χ4v) is 4.45. The summed E-state index contributed by atoms with van der Waals surface area (Å²) in [5, 5.41) is 13.1. The van der Waals surface area contributed by atoms with E-state index in [1.165, 1.54) is 0 Å². The van der Waals surface area contributed by atoms with Gasteiger partial charge in [0.1, 0.15) is 5.60 Å². The number of benzene rings is 2. The molecular formula is C23H19BrCl2N2O3. The predicted octanol–water partition coefficient (Wildman–Crippen LogP) is 7.35. The van der Waals surface area contributed by atoms with Crippen LogP contribution in [-0.2, 0) is 0 Å². The highest BCUT2D eigenvalue weighted by Crippen LogP contribution is 2.44. The number of carbonyl (C=O) groups is 1. The Morgan fingerprint density at radius 1 is 1.16 bits per heavy atom. The van der Waals surface area contributed by atoms with E-state index in [2.05, 4.69) is 21.2 Å². The Kier molecular flexibility index (Phi) is 5.90. The molecule has 4 rings (SSSR count). The fourth-order valence-electron chi connectivity index (χ4n) is 3.76. The number of rotatable bonds is 3. The third-order valence-electron chi connectivity index (χ3n) is 5.10. The van der Waals surface area contributed by atoms with Crippen LogP contribution in [0, 0.1) is 0 Å². The Bertz CT molecular complexity index is 1170. The van der Waals surface area contributed by atoms with Gasteiger partial charge in [-0.2, -0.15) is 0 Å². The first-order valence-electron chi connectivity index (χ1n) is 9.58. The van der Waals surface area contributed by atoms with Gasteiger partial charge >= 0.3 is 6.09 Å². The molecule has 160 valence electrons. The van der Waals surface area contributed by atoms with Crippen molar-refractivity contribution in [3.63, 3.8) is 0 Å². The van der Waals surface area contributed by atoms with Gasteiger partial charge in [0, 0.05) is 32.6 Å². The van der Waals surface area contributed by atoms with Crippen molar-refractivity contribution in [1.29, 1.82) is 0 Å². The lowest BCUT2D eigenvalue weighted by molar-refractivity contribution is 0.0604. The van der Waals surface area contributed by atoms with Crippen LogP contribution in [0.15, 0.2) is 53.0 Å². The monoisotopic (exact) mass is 520 g/mol. The third-order valence-corrected chi connectivity index (χ3v) is 6.17. The number of fused-ring (bicyclic) bond motifs is 1. The minimum Gasteiger partial charge on any atom is -0.471 e. The molecule has 0 saturated carbocycles. The second-order valence-corrected chi connectivity index (χ2v) is 9.74. The summed E-state index contributed by atoms with van der Waals surface area (Å²) in [4.78, 5) is 16.3. The number of hydrogen-bond acceptors (Lipinski definition) is 3. The van der Waals surface area contributed by atoms with Crippen molar-refractivity contribution >= 4 is 45.2 Å². The maximum Gasteiger partial charge on any atom is 0.405 e. The largest absolute Gasteiger partial charge is 0.471 e. The zero-order valence-corrected chi connectivity index (χ0v) is 19.8. The van der Waals surface area contributed by atoms with E-state index in [0.717, 1.165) is 21.2 Å². The molecule has 1 amide bonds. The molecule has 0 radical (unpaired) electrons. The van der Waals surface area contributed by atoms with Gasteiger partial charge in [-0.3, -0.25) is 0 Å². The molecule has 31 heavy (non-hydrogen) atoms. The lowest BCUT2D eigenvalue weighted by atomic mass is 9.88. The van der Waals surface area contributed by atoms with Crippen LogP contribution in [0.4, 0.5) is 4.79 Å². The minimum absolute atomic E-state index is 0.388.